The third-order valence-corrected chi connectivity index (χ3v) is 3.25. The van der Waals surface area contributed by atoms with Crippen LogP contribution in [-0.2, 0) is 0 Å². The molecule has 1 atom stereocenters. The number of aliphatic hydroxyl groups excluding tert-OH is 1. The molecule has 1 aromatic rings. The molecular formula is C9H12N2O2S. The number of hydrogen-bond donors (Lipinski definition) is 1. The molecule has 14 heavy (non-hydrogen) atoms. The molecule has 4 nitrogen and oxygen atoms in total. The quantitative estimate of drug-likeness (QED) is 0.786. The number of thiazole rings is 1. The fraction of sp³-hybridized carbons (Fsp3) is 0.556. The Morgan fingerprint density at radius 3 is 3.29 bits per heavy atom. The lowest BCUT2D eigenvalue weighted by atomic mass is 10.2. The molecule has 0 aliphatic carbocycles. The van der Waals surface area contributed by atoms with Crippen molar-refractivity contribution >= 4 is 17.2 Å². The summed E-state index contributed by atoms with van der Waals surface area (Å²) in [5.41, 5.74) is 1.65. The van der Waals surface area contributed by atoms with Crippen molar-refractivity contribution in [1.29, 1.82) is 0 Å². The lowest BCUT2D eigenvalue weighted by Crippen LogP contribution is -2.37. The van der Waals surface area contributed by atoms with Crippen LogP contribution in [0.5, 0.6) is 0 Å². The Morgan fingerprint density at radius 2 is 2.64 bits per heavy atom. The highest BCUT2D eigenvalue weighted by Crippen LogP contribution is 2.20. The molecular weight excluding hydrogens is 200 g/mol. The summed E-state index contributed by atoms with van der Waals surface area (Å²) in [7, 11) is 0. The zero-order valence-electron chi connectivity index (χ0n) is 7.72. The van der Waals surface area contributed by atoms with E-state index in [-0.39, 0.29) is 18.6 Å². The number of nitrogens with zero attached hydrogens (tertiary/aromatic N) is 2. The van der Waals surface area contributed by atoms with Crippen LogP contribution in [0.4, 0.5) is 0 Å². The highest BCUT2D eigenvalue weighted by atomic mass is 32.1. The molecule has 0 bridgehead atoms. The van der Waals surface area contributed by atoms with Gasteiger partial charge in [-0.3, -0.25) is 9.78 Å². The van der Waals surface area contributed by atoms with Crippen LogP contribution in [0, 0.1) is 0 Å². The number of likely N-dealkylation sites (tertiary alicyclic amines) is 1. The van der Waals surface area contributed by atoms with Gasteiger partial charge in [0.15, 0.2) is 0 Å². The van der Waals surface area contributed by atoms with Crippen molar-refractivity contribution in [2.75, 3.05) is 13.2 Å². The summed E-state index contributed by atoms with van der Waals surface area (Å²) in [6.45, 7) is 0.812. The van der Waals surface area contributed by atoms with Gasteiger partial charge in [0.05, 0.1) is 24.4 Å². The summed E-state index contributed by atoms with van der Waals surface area (Å²) in [6, 6.07) is 0.00426. The smallest absolute Gasteiger partial charge is 0.265 e. The standard InChI is InChI=1S/C9H12N2O2S/c12-5-7-2-1-3-11(7)9(13)8-4-10-6-14-8/h4,6-7,12H,1-3,5H2/t7-/m0/s1. The Kier molecular flexibility index (Phi) is 2.79. The second kappa shape index (κ2) is 4.06. The maximum Gasteiger partial charge on any atom is 0.265 e. The molecule has 76 valence electrons. The van der Waals surface area contributed by atoms with Gasteiger partial charge in [0.2, 0.25) is 0 Å². The van der Waals surface area contributed by atoms with E-state index < -0.39 is 0 Å². The van der Waals surface area contributed by atoms with Crippen LogP contribution >= 0.6 is 11.3 Å². The Labute approximate surface area is 86.2 Å². The summed E-state index contributed by atoms with van der Waals surface area (Å²) in [4.78, 5) is 18.1. The number of carbonyl (C=O) groups is 1. The van der Waals surface area contributed by atoms with Crippen molar-refractivity contribution in [2.24, 2.45) is 0 Å². The minimum Gasteiger partial charge on any atom is -0.394 e. The van der Waals surface area contributed by atoms with E-state index in [1.165, 1.54) is 11.3 Å². The summed E-state index contributed by atoms with van der Waals surface area (Å²) in [5, 5.41) is 9.08. The number of rotatable bonds is 2. The van der Waals surface area contributed by atoms with Crippen molar-refractivity contribution in [2.45, 2.75) is 18.9 Å². The highest BCUT2D eigenvalue weighted by Gasteiger charge is 2.29. The molecule has 5 heteroatoms. The van der Waals surface area contributed by atoms with E-state index in [2.05, 4.69) is 4.98 Å². The van der Waals surface area contributed by atoms with Crippen molar-refractivity contribution in [3.8, 4) is 0 Å². The van der Waals surface area contributed by atoms with Gasteiger partial charge in [0.25, 0.3) is 5.91 Å². The number of aliphatic hydroxyl groups is 1. The van der Waals surface area contributed by atoms with Crippen molar-refractivity contribution in [3.05, 3.63) is 16.6 Å². The number of carbonyl (C=O) groups excluding carboxylic acids is 1. The summed E-state index contributed by atoms with van der Waals surface area (Å²) < 4.78 is 0. The third kappa shape index (κ3) is 1.65. The highest BCUT2D eigenvalue weighted by molar-refractivity contribution is 7.11. The van der Waals surface area contributed by atoms with Crippen LogP contribution in [-0.4, -0.2) is 40.1 Å². The van der Waals surface area contributed by atoms with E-state index in [4.69, 9.17) is 5.11 Å². The Bertz CT molecular complexity index is 313. The van der Waals surface area contributed by atoms with E-state index in [9.17, 15) is 4.79 Å². The molecule has 2 heterocycles. The summed E-state index contributed by atoms with van der Waals surface area (Å²) in [6.07, 6.45) is 3.47. The molecule has 1 aliphatic rings. The van der Waals surface area contributed by atoms with Crippen molar-refractivity contribution in [3.63, 3.8) is 0 Å². The molecule has 0 radical (unpaired) electrons. The zero-order chi connectivity index (χ0) is 9.97. The maximum absolute atomic E-state index is 11.9. The number of amides is 1. The van der Waals surface area contributed by atoms with Gasteiger partial charge in [-0.2, -0.15) is 0 Å². The predicted molar refractivity (Wildman–Crippen MR) is 53.3 cm³/mol. The van der Waals surface area contributed by atoms with Crippen molar-refractivity contribution in [1.82, 2.24) is 9.88 Å². The minimum absolute atomic E-state index is 0.00375. The second-order valence-electron chi connectivity index (χ2n) is 3.34. The van der Waals surface area contributed by atoms with Gasteiger partial charge >= 0.3 is 0 Å². The van der Waals surface area contributed by atoms with Crippen molar-refractivity contribution < 1.29 is 9.90 Å². The van der Waals surface area contributed by atoms with E-state index in [1.54, 1.807) is 16.6 Å². The molecule has 0 unspecified atom stereocenters. The topological polar surface area (TPSA) is 53.4 Å². The Morgan fingerprint density at radius 1 is 1.79 bits per heavy atom. The average Bonchev–Trinajstić information content (AvgIpc) is 2.87. The first-order chi connectivity index (χ1) is 6.83. The molecule has 1 fully saturated rings. The molecule has 0 spiro atoms. The Balaban J connectivity index is 2.11. The molecule has 1 aromatic heterocycles. The van der Waals surface area contributed by atoms with Gasteiger partial charge in [-0.25, -0.2) is 0 Å². The molecule has 1 aliphatic heterocycles. The van der Waals surface area contributed by atoms with Gasteiger partial charge < -0.3 is 10.0 Å². The monoisotopic (exact) mass is 212 g/mol. The van der Waals surface area contributed by atoms with Crippen LogP contribution in [0.1, 0.15) is 22.5 Å². The van der Waals surface area contributed by atoms with Crippen LogP contribution in [0.15, 0.2) is 11.7 Å². The van der Waals surface area contributed by atoms with Gasteiger partial charge in [0.1, 0.15) is 4.88 Å². The predicted octanol–water partition coefficient (Wildman–Crippen LogP) is 0.740. The zero-order valence-corrected chi connectivity index (χ0v) is 8.54. The minimum atomic E-state index is 0.00375. The van der Waals surface area contributed by atoms with Gasteiger partial charge in [0, 0.05) is 6.54 Å². The number of hydrogen-bond acceptors (Lipinski definition) is 4. The van der Waals surface area contributed by atoms with E-state index >= 15 is 0 Å². The fourth-order valence-corrected chi connectivity index (χ4v) is 2.33. The first kappa shape index (κ1) is 9.61. The van der Waals surface area contributed by atoms with Crippen LogP contribution in [0.25, 0.3) is 0 Å². The van der Waals surface area contributed by atoms with Crippen LogP contribution < -0.4 is 0 Å². The summed E-state index contributed by atoms with van der Waals surface area (Å²) >= 11 is 1.35. The van der Waals surface area contributed by atoms with E-state index in [1.807, 2.05) is 0 Å². The SMILES string of the molecule is O=C(c1cncs1)N1CCC[C@H]1CO. The van der Waals surface area contributed by atoms with Gasteiger partial charge in [-0.15, -0.1) is 11.3 Å². The molecule has 1 N–H and O–H groups in total. The average molecular weight is 212 g/mol. The molecule has 0 saturated carbocycles. The summed E-state index contributed by atoms with van der Waals surface area (Å²) in [5.74, 6) is 0.00375. The second-order valence-corrected chi connectivity index (χ2v) is 4.23. The molecule has 0 aromatic carbocycles. The normalized spacial score (nSPS) is 21.5. The number of aromatic nitrogens is 1. The first-order valence-corrected chi connectivity index (χ1v) is 5.51. The van der Waals surface area contributed by atoms with Crippen LogP contribution in [0.3, 0.4) is 0 Å². The first-order valence-electron chi connectivity index (χ1n) is 4.63. The van der Waals surface area contributed by atoms with Crippen LogP contribution in [0.2, 0.25) is 0 Å². The fourth-order valence-electron chi connectivity index (χ4n) is 1.76. The lowest BCUT2D eigenvalue weighted by Gasteiger charge is -2.21. The Hall–Kier alpha value is -0.940. The third-order valence-electron chi connectivity index (χ3n) is 2.49. The van der Waals surface area contributed by atoms with E-state index in [0.29, 0.717) is 4.88 Å². The molecule has 1 amide bonds. The molecule has 2 rings (SSSR count). The molecule has 1 saturated heterocycles. The largest absolute Gasteiger partial charge is 0.394 e. The van der Waals surface area contributed by atoms with E-state index in [0.717, 1.165) is 19.4 Å². The maximum atomic E-state index is 11.9. The van der Waals surface area contributed by atoms with Gasteiger partial charge in [-0.05, 0) is 12.8 Å². The lowest BCUT2D eigenvalue weighted by molar-refractivity contribution is 0.0682. The van der Waals surface area contributed by atoms with Gasteiger partial charge in [-0.1, -0.05) is 0 Å².